The summed E-state index contributed by atoms with van der Waals surface area (Å²) in [6.45, 7) is 8.82. The van der Waals surface area contributed by atoms with Gasteiger partial charge in [0, 0.05) is 23.1 Å². The molecule has 9 nitrogen and oxygen atoms in total. The predicted molar refractivity (Wildman–Crippen MR) is 152 cm³/mol. The van der Waals surface area contributed by atoms with E-state index in [9.17, 15) is 28.4 Å². The Kier molecular flexibility index (Phi) is 8.66. The number of aromatic amines is 1. The van der Waals surface area contributed by atoms with E-state index in [1.165, 1.54) is 30.4 Å². The van der Waals surface area contributed by atoms with Gasteiger partial charge in [-0.25, -0.2) is 13.9 Å². The lowest BCUT2D eigenvalue weighted by atomic mass is 9.75. The van der Waals surface area contributed by atoms with Gasteiger partial charge in [-0.3, -0.25) is 14.4 Å². The zero-order chi connectivity index (χ0) is 30.8. The maximum atomic E-state index is 14.9. The lowest BCUT2D eigenvalue weighted by Crippen LogP contribution is -2.58. The largest absolute Gasteiger partial charge is 0.448 e. The van der Waals surface area contributed by atoms with Crippen LogP contribution in [0, 0.1) is 34.9 Å². The van der Waals surface area contributed by atoms with Gasteiger partial charge < -0.3 is 15.0 Å². The lowest BCUT2D eigenvalue weighted by Gasteiger charge is -2.44. The molecule has 0 bridgehead atoms. The minimum atomic E-state index is -0.969. The molecule has 1 saturated heterocycles. The third kappa shape index (κ3) is 6.12. The van der Waals surface area contributed by atoms with Crippen LogP contribution in [-0.2, 0) is 4.79 Å². The average molecular weight is 580 g/mol. The van der Waals surface area contributed by atoms with Gasteiger partial charge in [0.05, 0.1) is 23.2 Å². The minimum absolute atomic E-state index is 0.0489. The summed E-state index contributed by atoms with van der Waals surface area (Å²) in [4.78, 5) is 40.9. The number of hydrogen-bond donors (Lipinski definition) is 2. The van der Waals surface area contributed by atoms with Gasteiger partial charge in [0.1, 0.15) is 11.9 Å². The number of aryl methyl sites for hydroxylation is 1. The van der Waals surface area contributed by atoms with Crippen LogP contribution in [0.1, 0.15) is 69.4 Å². The molecular weight excluding hydrogens is 544 g/mol. The molecule has 4 rings (SSSR count). The standard InChI is InChI=1S/C31H35F2N5O4/c1-6-22(35-27(39)19-9-10-23(21(33)15-19)42-24-14-18(2)36-37-28(24)40)29(41)38-25(30(3,4)17-34)11-12-26(38)31(5)13-7-8-20(32)16-31/h7-10,14-16,22,25-26H,6,11-13H2,1-5H3,(H,35,39)(H,37,40)/t22-,25-,26+,31?/m1/s1. The van der Waals surface area contributed by atoms with Gasteiger partial charge in [-0.1, -0.05) is 19.9 Å². The molecule has 0 radical (unpaired) electrons. The Hall–Kier alpha value is -4.33. The molecule has 11 heteroatoms. The van der Waals surface area contributed by atoms with Crippen LogP contribution >= 0.6 is 0 Å². The second-order valence-electron chi connectivity index (χ2n) is 11.7. The molecule has 2 aliphatic rings. The van der Waals surface area contributed by atoms with Crippen LogP contribution in [0.3, 0.4) is 0 Å². The third-order valence-electron chi connectivity index (χ3n) is 8.15. The molecule has 42 heavy (non-hydrogen) atoms. The Balaban J connectivity index is 1.57. The summed E-state index contributed by atoms with van der Waals surface area (Å²) in [6, 6.07) is 5.38. The number of rotatable bonds is 8. The smallest absolute Gasteiger partial charge is 0.307 e. The van der Waals surface area contributed by atoms with Crippen LogP contribution < -0.4 is 15.6 Å². The van der Waals surface area contributed by atoms with Crippen molar-refractivity contribution in [1.82, 2.24) is 20.4 Å². The fourth-order valence-corrected chi connectivity index (χ4v) is 5.79. The fourth-order valence-electron chi connectivity index (χ4n) is 5.79. The number of halogens is 2. The first-order valence-corrected chi connectivity index (χ1v) is 13.9. The summed E-state index contributed by atoms with van der Waals surface area (Å²) in [5.74, 6) is -2.72. The van der Waals surface area contributed by atoms with E-state index in [1.807, 2.05) is 6.92 Å². The number of hydrogen-bond acceptors (Lipinski definition) is 6. The second-order valence-corrected chi connectivity index (χ2v) is 11.7. The van der Waals surface area contributed by atoms with E-state index in [0.717, 1.165) is 6.07 Å². The molecule has 1 unspecified atom stereocenters. The van der Waals surface area contributed by atoms with Gasteiger partial charge in [0.2, 0.25) is 5.91 Å². The number of ether oxygens (including phenoxy) is 1. The Morgan fingerprint density at radius 2 is 2.02 bits per heavy atom. The van der Waals surface area contributed by atoms with Gasteiger partial charge in [0.15, 0.2) is 17.3 Å². The van der Waals surface area contributed by atoms with Crippen molar-refractivity contribution in [3.63, 3.8) is 0 Å². The molecule has 0 saturated carbocycles. The van der Waals surface area contributed by atoms with Crippen LogP contribution in [0.25, 0.3) is 0 Å². The number of benzene rings is 1. The number of aromatic nitrogens is 2. The summed E-state index contributed by atoms with van der Waals surface area (Å²) < 4.78 is 34.7. The van der Waals surface area contributed by atoms with Gasteiger partial charge in [-0.15, -0.1) is 0 Å². The maximum Gasteiger partial charge on any atom is 0.307 e. The van der Waals surface area contributed by atoms with Crippen LogP contribution in [-0.4, -0.2) is 45.0 Å². The molecule has 222 valence electrons. The van der Waals surface area contributed by atoms with Crippen LogP contribution in [0.2, 0.25) is 0 Å². The Morgan fingerprint density at radius 3 is 2.67 bits per heavy atom. The van der Waals surface area contributed by atoms with Crippen molar-refractivity contribution in [3.8, 4) is 17.6 Å². The van der Waals surface area contributed by atoms with Crippen molar-refractivity contribution in [2.24, 2.45) is 10.8 Å². The van der Waals surface area contributed by atoms with Gasteiger partial charge >= 0.3 is 5.56 Å². The van der Waals surface area contributed by atoms with Gasteiger partial charge in [0.25, 0.3) is 5.91 Å². The molecule has 1 aromatic carbocycles. The first-order chi connectivity index (χ1) is 19.8. The average Bonchev–Trinajstić information content (AvgIpc) is 3.41. The fraction of sp³-hybridized carbons (Fsp3) is 0.452. The number of nitriles is 1. The van der Waals surface area contributed by atoms with Crippen LogP contribution in [0.4, 0.5) is 8.78 Å². The second kappa shape index (κ2) is 11.9. The normalized spacial score (nSPS) is 22.7. The highest BCUT2D eigenvalue weighted by molar-refractivity contribution is 5.97. The van der Waals surface area contributed by atoms with Crippen molar-refractivity contribution in [3.05, 3.63) is 75.7 Å². The minimum Gasteiger partial charge on any atom is -0.448 e. The Morgan fingerprint density at radius 1 is 1.29 bits per heavy atom. The number of allylic oxidation sites excluding steroid dienone is 3. The van der Waals surface area contributed by atoms with Gasteiger partial charge in [-0.05, 0) is 76.8 Å². The quantitative estimate of drug-likeness (QED) is 0.440. The van der Waals surface area contributed by atoms with E-state index in [-0.39, 0.29) is 35.2 Å². The van der Waals surface area contributed by atoms with E-state index in [1.54, 1.807) is 38.7 Å². The van der Waals surface area contributed by atoms with E-state index in [2.05, 4.69) is 21.6 Å². The number of carbonyl (C=O) groups excluding carboxylic acids is 2. The molecule has 1 aliphatic heterocycles. The predicted octanol–water partition coefficient (Wildman–Crippen LogP) is 5.25. The number of nitrogens with one attached hydrogen (secondary N) is 2. The Bertz CT molecular complexity index is 1540. The summed E-state index contributed by atoms with van der Waals surface area (Å²) in [5.41, 5.74) is -1.80. The zero-order valence-electron chi connectivity index (χ0n) is 24.3. The number of H-pyrrole nitrogens is 1. The molecule has 0 spiro atoms. The number of likely N-dealkylation sites (tertiary alicyclic amines) is 1. The molecular formula is C31H35F2N5O4. The summed E-state index contributed by atoms with van der Waals surface area (Å²) in [7, 11) is 0. The van der Waals surface area contributed by atoms with Gasteiger partial charge in [-0.2, -0.15) is 10.4 Å². The molecule has 2 amide bonds. The maximum absolute atomic E-state index is 14.9. The highest BCUT2D eigenvalue weighted by atomic mass is 19.1. The summed E-state index contributed by atoms with van der Waals surface area (Å²) in [6.07, 6.45) is 6.58. The van der Waals surface area contributed by atoms with Crippen molar-refractivity contribution in [1.29, 1.82) is 5.26 Å². The third-order valence-corrected chi connectivity index (χ3v) is 8.15. The molecule has 2 aromatic rings. The SMILES string of the molecule is CC[C@@H](NC(=O)c1ccc(Oc2cc(C)n[nH]c2=O)c(F)c1)C(=O)N1[C@H](C2(C)C=C(F)C=CC2)CC[C@@H]1C(C)(C)C#N. The van der Waals surface area contributed by atoms with E-state index < -0.39 is 46.2 Å². The van der Waals surface area contributed by atoms with Crippen LogP contribution in [0.5, 0.6) is 11.5 Å². The van der Waals surface area contributed by atoms with E-state index >= 15 is 0 Å². The number of carbonyl (C=O) groups is 2. The molecule has 2 N–H and O–H groups in total. The zero-order valence-corrected chi connectivity index (χ0v) is 24.3. The summed E-state index contributed by atoms with van der Waals surface area (Å²) in [5, 5.41) is 18.6. The van der Waals surface area contributed by atoms with Crippen LogP contribution in [0.15, 0.2) is 53.1 Å². The van der Waals surface area contributed by atoms with Crippen molar-refractivity contribution in [2.75, 3.05) is 0 Å². The van der Waals surface area contributed by atoms with Crippen molar-refractivity contribution in [2.45, 2.75) is 78.4 Å². The first kappa shape index (κ1) is 30.6. The van der Waals surface area contributed by atoms with Crippen molar-refractivity contribution >= 4 is 11.8 Å². The first-order valence-electron chi connectivity index (χ1n) is 13.9. The van der Waals surface area contributed by atoms with Crippen molar-refractivity contribution < 1.29 is 23.1 Å². The highest BCUT2D eigenvalue weighted by Gasteiger charge is 2.51. The monoisotopic (exact) mass is 579 g/mol. The molecule has 1 fully saturated rings. The number of nitrogens with zero attached hydrogens (tertiary/aromatic N) is 3. The lowest BCUT2D eigenvalue weighted by molar-refractivity contribution is -0.140. The topological polar surface area (TPSA) is 128 Å². The van der Waals surface area contributed by atoms with E-state index in [0.29, 0.717) is 25.0 Å². The number of amides is 2. The molecule has 4 atom stereocenters. The molecule has 1 aromatic heterocycles. The summed E-state index contributed by atoms with van der Waals surface area (Å²) >= 11 is 0. The Labute approximate surface area is 243 Å². The highest BCUT2D eigenvalue weighted by Crippen LogP contribution is 2.47. The molecule has 1 aliphatic carbocycles. The molecule has 2 heterocycles. The van der Waals surface area contributed by atoms with E-state index in [4.69, 9.17) is 4.74 Å².